The van der Waals surface area contributed by atoms with Crippen molar-refractivity contribution in [2.75, 3.05) is 0 Å². The van der Waals surface area contributed by atoms with Crippen LogP contribution in [-0.2, 0) is 10.8 Å². The van der Waals surface area contributed by atoms with Gasteiger partial charge in [0.05, 0.1) is 22.8 Å². The van der Waals surface area contributed by atoms with E-state index in [2.05, 4.69) is 170 Å². The SMILES string of the molecule is c1ccc(-c2nc(-c3ccccc3)c(-c3ccc(-c4ccc5c(c4)C4(CCCCC4)c4cc6c(cc4-5)C4(CCCCC4)c4ccccc4-6)cc3)nc2-c2ccccc2)cc1. The molecule has 2 fully saturated rings. The number of rotatable bonds is 5. The fourth-order valence-corrected chi connectivity index (χ4v) is 11.9. The molecule has 0 N–H and O–H groups in total. The Labute approximate surface area is 354 Å². The second kappa shape index (κ2) is 14.1. The molecule has 8 aromatic rings. The van der Waals surface area contributed by atoms with Gasteiger partial charge < -0.3 is 0 Å². The van der Waals surface area contributed by atoms with Gasteiger partial charge in [0.2, 0.25) is 0 Å². The van der Waals surface area contributed by atoms with Crippen molar-refractivity contribution in [2.24, 2.45) is 0 Å². The molecule has 0 bridgehead atoms. The smallest absolute Gasteiger partial charge is 0.0973 e. The van der Waals surface area contributed by atoms with Crippen molar-refractivity contribution in [3.63, 3.8) is 0 Å². The summed E-state index contributed by atoms with van der Waals surface area (Å²) in [5, 5.41) is 0. The van der Waals surface area contributed by atoms with E-state index in [1.54, 1.807) is 22.3 Å². The molecule has 0 radical (unpaired) electrons. The standard InChI is InChI=1S/C58H48N2/c1-6-18-40(19-7-1)53-54(41-20-8-2-9-21-41)60-56(55(59-53)42-22-10-3-11-23-42)43-28-26-39(27-29-43)44-30-31-46-48-38-51-47(37-52(48)58(50(46)36-44)34-16-5-17-35-58)45-24-12-13-25-49(45)57(51)32-14-4-15-33-57/h1-3,6-13,18-31,36-38H,4-5,14-17,32-35H2. The van der Waals surface area contributed by atoms with Crippen LogP contribution in [0.4, 0.5) is 0 Å². The predicted molar refractivity (Wildman–Crippen MR) is 248 cm³/mol. The highest BCUT2D eigenvalue weighted by Gasteiger charge is 2.49. The summed E-state index contributed by atoms with van der Waals surface area (Å²) in [6.07, 6.45) is 12.9. The average molecular weight is 773 g/mol. The van der Waals surface area contributed by atoms with Crippen LogP contribution in [0.2, 0.25) is 0 Å². The fourth-order valence-electron chi connectivity index (χ4n) is 11.9. The first kappa shape index (κ1) is 35.6. The number of nitrogens with zero attached hydrogens (tertiary/aromatic N) is 2. The third-order valence-electron chi connectivity index (χ3n) is 14.7. The molecule has 0 amide bonds. The predicted octanol–water partition coefficient (Wildman–Crippen LogP) is 15.3. The molecule has 2 spiro atoms. The molecule has 7 aromatic carbocycles. The Morgan fingerprint density at radius 3 is 1.13 bits per heavy atom. The zero-order valence-corrected chi connectivity index (χ0v) is 34.1. The van der Waals surface area contributed by atoms with Crippen molar-refractivity contribution >= 4 is 0 Å². The van der Waals surface area contributed by atoms with E-state index in [0.717, 1.165) is 45.0 Å². The summed E-state index contributed by atoms with van der Waals surface area (Å²) in [6.45, 7) is 0. The molecule has 60 heavy (non-hydrogen) atoms. The number of hydrogen-bond donors (Lipinski definition) is 0. The molecule has 2 heteroatoms. The van der Waals surface area contributed by atoms with Crippen molar-refractivity contribution in [3.05, 3.63) is 192 Å². The molecule has 1 heterocycles. The molecule has 2 saturated carbocycles. The van der Waals surface area contributed by atoms with Crippen LogP contribution in [0.1, 0.15) is 86.5 Å². The van der Waals surface area contributed by atoms with Crippen LogP contribution in [0.3, 0.4) is 0 Å². The number of fused-ring (bicyclic) bond motifs is 10. The molecule has 0 unspecified atom stereocenters. The van der Waals surface area contributed by atoms with Crippen LogP contribution in [0.5, 0.6) is 0 Å². The number of hydrogen-bond acceptors (Lipinski definition) is 2. The van der Waals surface area contributed by atoms with Gasteiger partial charge in [0, 0.05) is 33.1 Å². The van der Waals surface area contributed by atoms with Crippen LogP contribution < -0.4 is 0 Å². The van der Waals surface area contributed by atoms with E-state index in [9.17, 15) is 0 Å². The van der Waals surface area contributed by atoms with E-state index in [1.165, 1.54) is 97.6 Å². The van der Waals surface area contributed by atoms with Crippen LogP contribution in [0.15, 0.2) is 170 Å². The molecule has 0 saturated heterocycles. The third-order valence-corrected chi connectivity index (χ3v) is 14.7. The molecule has 0 aliphatic heterocycles. The van der Waals surface area contributed by atoms with Crippen molar-refractivity contribution in [1.82, 2.24) is 9.97 Å². The van der Waals surface area contributed by atoms with Gasteiger partial charge >= 0.3 is 0 Å². The Hall–Kier alpha value is -6.38. The normalized spacial score (nSPS) is 16.6. The molecule has 4 aliphatic rings. The molecular formula is C58H48N2. The summed E-state index contributed by atoms with van der Waals surface area (Å²) in [4.78, 5) is 11.0. The highest BCUT2D eigenvalue weighted by Crippen LogP contribution is 2.62. The van der Waals surface area contributed by atoms with Gasteiger partial charge in [-0.05, 0) is 99.5 Å². The van der Waals surface area contributed by atoms with Crippen molar-refractivity contribution in [1.29, 1.82) is 0 Å². The summed E-state index contributed by atoms with van der Waals surface area (Å²) in [5.74, 6) is 0. The van der Waals surface area contributed by atoms with Gasteiger partial charge in [-0.15, -0.1) is 0 Å². The lowest BCUT2D eigenvalue weighted by Crippen LogP contribution is -2.29. The zero-order chi connectivity index (χ0) is 39.7. The maximum atomic E-state index is 5.50. The lowest BCUT2D eigenvalue weighted by Gasteiger charge is -2.37. The summed E-state index contributed by atoms with van der Waals surface area (Å²) in [5.41, 5.74) is 22.9. The van der Waals surface area contributed by atoms with Gasteiger partial charge in [-0.25, -0.2) is 9.97 Å². The topological polar surface area (TPSA) is 25.8 Å². The molecule has 290 valence electrons. The van der Waals surface area contributed by atoms with Crippen LogP contribution in [-0.4, -0.2) is 9.97 Å². The van der Waals surface area contributed by atoms with E-state index in [-0.39, 0.29) is 10.8 Å². The minimum atomic E-state index is 0.0691. The van der Waals surface area contributed by atoms with Gasteiger partial charge in [0.15, 0.2) is 0 Å². The number of aromatic nitrogens is 2. The zero-order valence-electron chi connectivity index (χ0n) is 34.1. The Kier molecular flexibility index (Phi) is 8.37. The minimum absolute atomic E-state index is 0.0691. The van der Waals surface area contributed by atoms with Gasteiger partial charge in [0.25, 0.3) is 0 Å². The van der Waals surface area contributed by atoms with E-state index >= 15 is 0 Å². The van der Waals surface area contributed by atoms with Gasteiger partial charge in [-0.3, -0.25) is 0 Å². The first-order chi connectivity index (χ1) is 29.7. The summed E-state index contributed by atoms with van der Waals surface area (Å²) < 4.78 is 0. The minimum Gasteiger partial charge on any atom is -0.243 e. The summed E-state index contributed by atoms with van der Waals surface area (Å²) in [6, 6.07) is 62.8. The molecule has 1 aromatic heterocycles. The third kappa shape index (κ3) is 5.46. The Balaban J connectivity index is 0.972. The van der Waals surface area contributed by atoms with Gasteiger partial charge in [-0.1, -0.05) is 190 Å². The van der Waals surface area contributed by atoms with Crippen LogP contribution in [0.25, 0.3) is 78.4 Å². The molecule has 2 nitrogen and oxygen atoms in total. The highest BCUT2D eigenvalue weighted by molar-refractivity contribution is 5.92. The monoisotopic (exact) mass is 772 g/mol. The molecule has 4 aliphatic carbocycles. The maximum Gasteiger partial charge on any atom is 0.0973 e. The van der Waals surface area contributed by atoms with Gasteiger partial charge in [0.1, 0.15) is 0 Å². The van der Waals surface area contributed by atoms with E-state index in [1.807, 2.05) is 0 Å². The Morgan fingerprint density at radius 2 is 0.633 bits per heavy atom. The van der Waals surface area contributed by atoms with Crippen LogP contribution >= 0.6 is 0 Å². The highest BCUT2D eigenvalue weighted by atomic mass is 14.9. The molecular weight excluding hydrogens is 725 g/mol. The average Bonchev–Trinajstić information content (AvgIpc) is 3.73. The first-order valence-electron chi connectivity index (χ1n) is 22.3. The lowest BCUT2D eigenvalue weighted by atomic mass is 9.66. The van der Waals surface area contributed by atoms with Crippen LogP contribution in [0, 0.1) is 0 Å². The maximum absolute atomic E-state index is 5.50. The lowest BCUT2D eigenvalue weighted by molar-refractivity contribution is 0.350. The van der Waals surface area contributed by atoms with Crippen molar-refractivity contribution < 1.29 is 0 Å². The Morgan fingerprint density at radius 1 is 0.267 bits per heavy atom. The summed E-state index contributed by atoms with van der Waals surface area (Å²) in [7, 11) is 0. The quantitative estimate of drug-likeness (QED) is 0.174. The number of benzene rings is 7. The Bertz CT molecular complexity index is 2900. The van der Waals surface area contributed by atoms with Crippen molar-refractivity contribution in [2.45, 2.75) is 75.0 Å². The fraction of sp³-hybridized carbons (Fsp3) is 0.207. The van der Waals surface area contributed by atoms with Crippen molar-refractivity contribution in [3.8, 4) is 78.4 Å². The van der Waals surface area contributed by atoms with E-state index in [4.69, 9.17) is 9.97 Å². The second-order valence-corrected chi connectivity index (χ2v) is 17.8. The molecule has 0 atom stereocenters. The second-order valence-electron chi connectivity index (χ2n) is 17.8. The largest absolute Gasteiger partial charge is 0.243 e. The first-order valence-corrected chi connectivity index (χ1v) is 22.3. The van der Waals surface area contributed by atoms with E-state index < -0.39 is 0 Å². The van der Waals surface area contributed by atoms with E-state index in [0.29, 0.717) is 0 Å². The van der Waals surface area contributed by atoms with Gasteiger partial charge in [-0.2, -0.15) is 0 Å². The summed E-state index contributed by atoms with van der Waals surface area (Å²) >= 11 is 0. The molecule has 12 rings (SSSR count).